The molecule has 1 aromatic rings. The van der Waals surface area contributed by atoms with Gasteiger partial charge in [0.2, 0.25) is 15.9 Å². The molecule has 0 aromatic carbocycles. The molecule has 12 heteroatoms. The summed E-state index contributed by atoms with van der Waals surface area (Å²) in [6, 6.07) is 0. The number of nitrogens with zero attached hydrogens (tertiary/aromatic N) is 6. The van der Waals surface area contributed by atoms with Crippen LogP contribution in [-0.2, 0) is 14.8 Å². The number of anilines is 1. The van der Waals surface area contributed by atoms with Crippen molar-refractivity contribution in [2.75, 3.05) is 76.7 Å². The van der Waals surface area contributed by atoms with E-state index in [2.05, 4.69) is 19.8 Å². The number of likely N-dealkylation sites (tertiary alicyclic amines) is 2. The third-order valence-corrected chi connectivity index (χ3v) is 9.83. The van der Waals surface area contributed by atoms with Crippen LogP contribution < -0.4 is 9.64 Å². The molecule has 0 radical (unpaired) electrons. The number of hydrogen-bond acceptors (Lipinski definition) is 9. The summed E-state index contributed by atoms with van der Waals surface area (Å²) in [4.78, 5) is 27.2. The van der Waals surface area contributed by atoms with Crippen molar-refractivity contribution in [2.45, 2.75) is 38.2 Å². The number of piperazine rings is 1. The number of rotatable bonds is 8. The molecule has 36 heavy (non-hydrogen) atoms. The lowest BCUT2D eigenvalue weighted by molar-refractivity contribution is 0.0454. The lowest BCUT2D eigenvalue weighted by atomic mass is 9.98. The Balaban J connectivity index is 1.02. The lowest BCUT2D eigenvalue weighted by Crippen LogP contribution is -2.53. The first-order valence-corrected chi connectivity index (χ1v) is 14.6. The van der Waals surface area contributed by atoms with Crippen molar-refractivity contribution in [3.05, 3.63) is 12.4 Å². The second-order valence-electron chi connectivity index (χ2n) is 11.0. The Hall–Kier alpha value is -2.18. The molecule has 1 aromatic heterocycles. The number of aromatic nitrogens is 2. The molecule has 0 unspecified atom stereocenters. The quantitative estimate of drug-likeness (QED) is 0.499. The van der Waals surface area contributed by atoms with Crippen molar-refractivity contribution in [1.82, 2.24) is 24.1 Å². The normalized spacial score (nSPS) is 23.8. The van der Waals surface area contributed by atoms with Gasteiger partial charge in [-0.25, -0.2) is 23.2 Å². The maximum absolute atomic E-state index is 12.7. The van der Waals surface area contributed by atoms with Crippen LogP contribution in [0.15, 0.2) is 12.4 Å². The summed E-state index contributed by atoms with van der Waals surface area (Å²) in [5.74, 6) is 2.06. The maximum Gasteiger partial charge on any atom is 0.410 e. The van der Waals surface area contributed by atoms with Crippen LogP contribution in [0, 0.1) is 11.8 Å². The Morgan fingerprint density at radius 3 is 2.31 bits per heavy atom. The van der Waals surface area contributed by atoms with Gasteiger partial charge in [0.15, 0.2) is 0 Å². The monoisotopic (exact) mass is 522 g/mol. The van der Waals surface area contributed by atoms with Crippen LogP contribution in [0.2, 0.25) is 0 Å². The van der Waals surface area contributed by atoms with E-state index < -0.39 is 10.0 Å². The molecule has 0 spiro atoms. The predicted molar refractivity (Wildman–Crippen MR) is 135 cm³/mol. The zero-order chi connectivity index (χ0) is 25.3. The minimum Gasteiger partial charge on any atom is -0.476 e. The molecule has 0 atom stereocenters. The van der Waals surface area contributed by atoms with E-state index in [0.717, 1.165) is 44.6 Å². The number of ether oxygens (including phenoxy) is 2. The van der Waals surface area contributed by atoms with Crippen molar-refractivity contribution < 1.29 is 22.7 Å². The standard InChI is InChI=1S/C24H38N6O5S/c1-24(5-6-24)35-23(31)29-7-3-19(4-8-29)17-34-22-14-25-21(13-26-22)28-9-11-30(12-10-28)36(32,33)18-20-15-27(2)16-20/h13-14,19-20H,3-12,15-18H2,1-2H3. The van der Waals surface area contributed by atoms with E-state index in [1.54, 1.807) is 21.6 Å². The van der Waals surface area contributed by atoms with Crippen LogP contribution in [0.25, 0.3) is 0 Å². The average molecular weight is 523 g/mol. The summed E-state index contributed by atoms with van der Waals surface area (Å²) in [6.07, 6.45) is 6.80. The van der Waals surface area contributed by atoms with Crippen molar-refractivity contribution in [2.24, 2.45) is 11.8 Å². The highest BCUT2D eigenvalue weighted by Gasteiger charge is 2.43. The highest BCUT2D eigenvalue weighted by Crippen LogP contribution is 2.39. The molecule has 0 bridgehead atoms. The summed E-state index contributed by atoms with van der Waals surface area (Å²) in [5.41, 5.74) is -0.236. The van der Waals surface area contributed by atoms with Gasteiger partial charge in [-0.15, -0.1) is 0 Å². The number of carbonyl (C=O) groups is 1. The lowest BCUT2D eigenvalue weighted by Gasteiger charge is -2.39. The number of carbonyl (C=O) groups excluding carboxylic acids is 1. The van der Waals surface area contributed by atoms with Gasteiger partial charge in [0.05, 0.1) is 24.8 Å². The third kappa shape index (κ3) is 6.20. The molecule has 3 saturated heterocycles. The minimum atomic E-state index is -3.22. The molecule has 11 nitrogen and oxygen atoms in total. The van der Waals surface area contributed by atoms with Crippen LogP contribution in [0.4, 0.5) is 10.6 Å². The fourth-order valence-electron chi connectivity index (χ4n) is 5.12. The van der Waals surface area contributed by atoms with Crippen molar-refractivity contribution >= 4 is 21.9 Å². The molecule has 4 fully saturated rings. The van der Waals surface area contributed by atoms with Crippen LogP contribution in [-0.4, -0.2) is 116 Å². The smallest absolute Gasteiger partial charge is 0.410 e. The summed E-state index contributed by atoms with van der Waals surface area (Å²) >= 11 is 0. The van der Waals surface area contributed by atoms with Crippen molar-refractivity contribution in [3.8, 4) is 5.88 Å². The van der Waals surface area contributed by atoms with E-state index in [9.17, 15) is 13.2 Å². The van der Waals surface area contributed by atoms with Gasteiger partial charge in [0, 0.05) is 52.4 Å². The maximum atomic E-state index is 12.7. The van der Waals surface area contributed by atoms with E-state index in [1.807, 2.05) is 14.0 Å². The highest BCUT2D eigenvalue weighted by atomic mass is 32.2. The van der Waals surface area contributed by atoms with Crippen LogP contribution in [0.5, 0.6) is 5.88 Å². The molecule has 5 rings (SSSR count). The number of sulfonamides is 1. The number of amides is 1. The molecule has 200 valence electrons. The first kappa shape index (κ1) is 25.5. The Labute approximate surface area is 213 Å². The van der Waals surface area contributed by atoms with Crippen LogP contribution >= 0.6 is 0 Å². The fraction of sp³-hybridized carbons (Fsp3) is 0.792. The summed E-state index contributed by atoms with van der Waals surface area (Å²) in [5, 5.41) is 0. The molecule has 4 heterocycles. The van der Waals surface area contributed by atoms with E-state index >= 15 is 0 Å². The van der Waals surface area contributed by atoms with Gasteiger partial charge < -0.3 is 24.2 Å². The SMILES string of the molecule is CN1CC(CS(=O)(=O)N2CCN(c3cnc(OCC4CCN(C(=O)OC5(C)CC5)CC4)cn3)CC2)C1. The Morgan fingerprint density at radius 2 is 1.72 bits per heavy atom. The fourth-order valence-corrected chi connectivity index (χ4v) is 6.86. The van der Waals surface area contributed by atoms with E-state index in [0.29, 0.717) is 57.7 Å². The summed E-state index contributed by atoms with van der Waals surface area (Å²) in [6.45, 7) is 7.75. The summed E-state index contributed by atoms with van der Waals surface area (Å²) < 4.78 is 38.5. The zero-order valence-corrected chi connectivity index (χ0v) is 22.2. The molecular formula is C24H38N6O5S. The van der Waals surface area contributed by atoms with Gasteiger partial charge in [-0.2, -0.15) is 4.31 Å². The zero-order valence-electron chi connectivity index (χ0n) is 21.3. The largest absolute Gasteiger partial charge is 0.476 e. The first-order chi connectivity index (χ1) is 17.2. The van der Waals surface area contributed by atoms with Crippen LogP contribution in [0.1, 0.15) is 32.6 Å². The first-order valence-electron chi connectivity index (χ1n) is 13.0. The van der Waals surface area contributed by atoms with Gasteiger partial charge >= 0.3 is 6.09 Å². The second-order valence-corrected chi connectivity index (χ2v) is 13.0. The van der Waals surface area contributed by atoms with Crippen molar-refractivity contribution in [3.63, 3.8) is 0 Å². The third-order valence-electron chi connectivity index (χ3n) is 7.78. The minimum absolute atomic E-state index is 0.194. The topological polar surface area (TPSA) is 108 Å². The number of piperidine rings is 1. The average Bonchev–Trinajstić information content (AvgIpc) is 3.58. The van der Waals surface area contributed by atoms with Crippen molar-refractivity contribution in [1.29, 1.82) is 0 Å². The highest BCUT2D eigenvalue weighted by molar-refractivity contribution is 7.89. The molecule has 0 N–H and O–H groups in total. The van der Waals surface area contributed by atoms with E-state index in [-0.39, 0.29) is 23.4 Å². The molecule has 1 aliphatic carbocycles. The van der Waals surface area contributed by atoms with Gasteiger partial charge in [-0.1, -0.05) is 0 Å². The number of hydrogen-bond donors (Lipinski definition) is 0. The van der Waals surface area contributed by atoms with Gasteiger partial charge in [0.1, 0.15) is 11.4 Å². The molecule has 1 saturated carbocycles. The van der Waals surface area contributed by atoms with Crippen LogP contribution in [0.3, 0.4) is 0 Å². The Bertz CT molecular complexity index is 1010. The Morgan fingerprint density at radius 1 is 1.03 bits per heavy atom. The predicted octanol–water partition coefficient (Wildman–Crippen LogP) is 1.27. The van der Waals surface area contributed by atoms with Gasteiger partial charge in [0.25, 0.3) is 0 Å². The second kappa shape index (κ2) is 10.3. The van der Waals surface area contributed by atoms with E-state index in [1.165, 1.54) is 0 Å². The Kier molecular flexibility index (Phi) is 7.28. The summed E-state index contributed by atoms with van der Waals surface area (Å²) in [7, 11) is -1.20. The molecule has 3 aliphatic heterocycles. The van der Waals surface area contributed by atoms with E-state index in [4.69, 9.17) is 9.47 Å². The van der Waals surface area contributed by atoms with Gasteiger partial charge in [-0.05, 0) is 51.5 Å². The van der Waals surface area contributed by atoms with Gasteiger partial charge in [-0.3, -0.25) is 0 Å². The molecular weight excluding hydrogens is 484 g/mol. The molecule has 1 amide bonds. The molecule has 4 aliphatic rings.